The Bertz CT molecular complexity index is 560. The van der Waals surface area contributed by atoms with Crippen LogP contribution in [0, 0.1) is 0 Å². The van der Waals surface area contributed by atoms with Crippen LogP contribution in [0.2, 0.25) is 0 Å². The maximum atomic E-state index is 6.04. The number of hydrazine groups is 1. The molecule has 0 atom stereocenters. The standard InChI is InChI=1S/C16H28N6O2/c17-4-1-2-6-23-7-8-24-15-10-13(12(11-19)3-5-18)9-14(22-21)16(15)20/h3,5,9-11,22H,1-2,4,6-8,17-21H2/b5-3-,12-11+. The average Bonchev–Trinajstić information content (AvgIpc) is 2.60. The van der Waals surface area contributed by atoms with Gasteiger partial charge in [0.15, 0.2) is 0 Å². The van der Waals surface area contributed by atoms with E-state index in [9.17, 15) is 0 Å². The second-order valence-electron chi connectivity index (χ2n) is 5.02. The zero-order chi connectivity index (χ0) is 17.8. The van der Waals surface area contributed by atoms with Gasteiger partial charge >= 0.3 is 0 Å². The normalized spacial score (nSPS) is 11.8. The van der Waals surface area contributed by atoms with Crippen molar-refractivity contribution < 1.29 is 9.47 Å². The summed E-state index contributed by atoms with van der Waals surface area (Å²) in [5.74, 6) is 6.01. The van der Waals surface area contributed by atoms with Crippen LogP contribution in [0.25, 0.3) is 5.57 Å². The lowest BCUT2D eigenvalue weighted by molar-refractivity contribution is 0.0980. The van der Waals surface area contributed by atoms with Crippen molar-refractivity contribution in [3.63, 3.8) is 0 Å². The predicted octanol–water partition coefficient (Wildman–Crippen LogP) is 0.461. The summed E-state index contributed by atoms with van der Waals surface area (Å²) >= 11 is 0. The molecule has 0 amide bonds. The van der Waals surface area contributed by atoms with Gasteiger partial charge in [0.25, 0.3) is 0 Å². The van der Waals surface area contributed by atoms with Gasteiger partial charge in [-0.2, -0.15) is 0 Å². The van der Waals surface area contributed by atoms with Gasteiger partial charge in [-0.3, -0.25) is 5.84 Å². The van der Waals surface area contributed by atoms with Crippen LogP contribution in [0.1, 0.15) is 18.4 Å². The summed E-state index contributed by atoms with van der Waals surface area (Å²) in [6, 6.07) is 3.55. The number of hydrogen-bond acceptors (Lipinski definition) is 8. The first-order valence-electron chi connectivity index (χ1n) is 7.79. The van der Waals surface area contributed by atoms with E-state index in [0.717, 1.165) is 24.0 Å². The molecule has 134 valence electrons. The summed E-state index contributed by atoms with van der Waals surface area (Å²) in [5, 5.41) is 0. The fourth-order valence-electron chi connectivity index (χ4n) is 2.04. The minimum absolute atomic E-state index is 0.370. The summed E-state index contributed by atoms with van der Waals surface area (Å²) in [4.78, 5) is 0. The minimum Gasteiger partial charge on any atom is -0.489 e. The SMILES string of the molecule is N/C=C\C(=C/N)c1cc(NN)c(N)c(OCCOCCCCN)c1. The fourth-order valence-corrected chi connectivity index (χ4v) is 2.04. The zero-order valence-electron chi connectivity index (χ0n) is 13.8. The number of allylic oxidation sites excluding steroid dienone is 2. The van der Waals surface area contributed by atoms with Gasteiger partial charge < -0.3 is 37.8 Å². The highest BCUT2D eigenvalue weighted by atomic mass is 16.5. The van der Waals surface area contributed by atoms with Gasteiger partial charge in [-0.25, -0.2) is 0 Å². The molecule has 24 heavy (non-hydrogen) atoms. The van der Waals surface area contributed by atoms with Crippen LogP contribution in [0.5, 0.6) is 5.75 Å². The lowest BCUT2D eigenvalue weighted by atomic mass is 10.0. The third-order valence-electron chi connectivity index (χ3n) is 3.31. The molecule has 8 nitrogen and oxygen atoms in total. The molecule has 0 unspecified atom stereocenters. The lowest BCUT2D eigenvalue weighted by Gasteiger charge is -2.15. The van der Waals surface area contributed by atoms with Gasteiger partial charge in [0.05, 0.1) is 18.0 Å². The maximum Gasteiger partial charge on any atom is 0.145 e. The van der Waals surface area contributed by atoms with Crippen LogP contribution < -0.4 is 38.9 Å². The second kappa shape index (κ2) is 11.2. The predicted molar refractivity (Wildman–Crippen MR) is 98.8 cm³/mol. The number of nitrogens with one attached hydrogen (secondary N) is 1. The molecule has 0 spiro atoms. The first-order chi connectivity index (χ1) is 11.7. The van der Waals surface area contributed by atoms with E-state index in [1.807, 2.05) is 0 Å². The smallest absolute Gasteiger partial charge is 0.145 e. The van der Waals surface area contributed by atoms with Gasteiger partial charge in [0, 0.05) is 12.8 Å². The molecular weight excluding hydrogens is 308 g/mol. The van der Waals surface area contributed by atoms with Gasteiger partial charge in [-0.05, 0) is 54.9 Å². The molecule has 0 heterocycles. The van der Waals surface area contributed by atoms with Gasteiger partial charge in [0.1, 0.15) is 12.4 Å². The summed E-state index contributed by atoms with van der Waals surface area (Å²) in [6.07, 6.45) is 6.41. The van der Waals surface area contributed by atoms with E-state index in [1.165, 1.54) is 12.4 Å². The van der Waals surface area contributed by atoms with Crippen molar-refractivity contribution in [2.75, 3.05) is 37.5 Å². The molecule has 0 aliphatic rings. The average molecular weight is 336 g/mol. The van der Waals surface area contributed by atoms with Crippen LogP contribution in [0.4, 0.5) is 11.4 Å². The van der Waals surface area contributed by atoms with Crippen molar-refractivity contribution in [1.82, 2.24) is 0 Å². The number of unbranched alkanes of at least 4 members (excludes halogenated alkanes) is 1. The molecule has 0 fully saturated rings. The molecule has 0 radical (unpaired) electrons. The van der Waals surface area contributed by atoms with Gasteiger partial charge in [0.2, 0.25) is 0 Å². The lowest BCUT2D eigenvalue weighted by Crippen LogP contribution is -2.13. The Morgan fingerprint density at radius 3 is 2.54 bits per heavy atom. The molecule has 8 heteroatoms. The number of anilines is 2. The molecule has 1 rings (SSSR count). The fraction of sp³-hybridized carbons (Fsp3) is 0.375. The number of rotatable bonds is 11. The van der Waals surface area contributed by atoms with Crippen molar-refractivity contribution in [3.8, 4) is 5.75 Å². The molecule has 0 saturated heterocycles. The van der Waals surface area contributed by atoms with E-state index >= 15 is 0 Å². The Labute approximate surface area is 142 Å². The van der Waals surface area contributed by atoms with E-state index in [0.29, 0.717) is 43.5 Å². The van der Waals surface area contributed by atoms with Crippen LogP contribution in [0.3, 0.4) is 0 Å². The Morgan fingerprint density at radius 2 is 1.92 bits per heavy atom. The van der Waals surface area contributed by atoms with Crippen molar-refractivity contribution >= 4 is 16.9 Å². The van der Waals surface area contributed by atoms with E-state index < -0.39 is 0 Å². The zero-order valence-corrected chi connectivity index (χ0v) is 13.8. The second-order valence-corrected chi connectivity index (χ2v) is 5.02. The first kappa shape index (κ1) is 19.6. The highest BCUT2D eigenvalue weighted by Crippen LogP contribution is 2.33. The summed E-state index contributed by atoms with van der Waals surface area (Å²) in [6.45, 7) is 2.16. The van der Waals surface area contributed by atoms with E-state index in [-0.39, 0.29) is 0 Å². The topological polar surface area (TPSA) is 161 Å². The number of ether oxygens (including phenoxy) is 2. The molecule has 0 saturated carbocycles. The molecule has 1 aromatic carbocycles. The monoisotopic (exact) mass is 336 g/mol. The van der Waals surface area contributed by atoms with Gasteiger partial charge in [-0.15, -0.1) is 0 Å². The van der Waals surface area contributed by atoms with Crippen molar-refractivity contribution in [1.29, 1.82) is 0 Å². The number of nitrogens with two attached hydrogens (primary N) is 5. The van der Waals surface area contributed by atoms with Crippen LogP contribution in [0.15, 0.2) is 30.6 Å². The summed E-state index contributed by atoms with van der Waals surface area (Å²) in [5.41, 5.74) is 27.5. The third-order valence-corrected chi connectivity index (χ3v) is 3.31. The maximum absolute atomic E-state index is 6.04. The van der Waals surface area contributed by atoms with Crippen molar-refractivity contribution in [3.05, 3.63) is 36.2 Å². The quantitative estimate of drug-likeness (QED) is 0.112. The Kier molecular flexibility index (Phi) is 9.13. The van der Waals surface area contributed by atoms with Crippen LogP contribution in [-0.2, 0) is 4.74 Å². The molecule has 0 aliphatic carbocycles. The number of nitrogen functional groups attached to an aromatic ring is 2. The molecule has 0 aromatic heterocycles. The molecule has 1 aromatic rings. The Hall–Kier alpha value is -2.42. The van der Waals surface area contributed by atoms with Crippen LogP contribution in [-0.4, -0.2) is 26.4 Å². The Morgan fingerprint density at radius 1 is 1.12 bits per heavy atom. The summed E-state index contributed by atoms with van der Waals surface area (Å²) < 4.78 is 11.2. The first-order valence-corrected chi connectivity index (χ1v) is 7.79. The number of hydrogen-bond donors (Lipinski definition) is 6. The molecule has 0 bridgehead atoms. The van der Waals surface area contributed by atoms with Crippen LogP contribution >= 0.6 is 0 Å². The molecule has 0 aliphatic heterocycles. The van der Waals surface area contributed by atoms with E-state index in [2.05, 4.69) is 5.43 Å². The minimum atomic E-state index is 0.370. The third kappa shape index (κ3) is 5.99. The Balaban J connectivity index is 2.75. The van der Waals surface area contributed by atoms with Crippen molar-refractivity contribution in [2.45, 2.75) is 12.8 Å². The van der Waals surface area contributed by atoms with Crippen molar-refractivity contribution in [2.24, 2.45) is 23.0 Å². The molecular formula is C16H28N6O2. The van der Waals surface area contributed by atoms with E-state index in [4.69, 9.17) is 38.3 Å². The molecule has 11 N–H and O–H groups in total. The van der Waals surface area contributed by atoms with E-state index in [1.54, 1.807) is 18.2 Å². The largest absolute Gasteiger partial charge is 0.489 e. The highest BCUT2D eigenvalue weighted by Gasteiger charge is 2.10. The highest BCUT2D eigenvalue weighted by molar-refractivity contribution is 5.82. The van der Waals surface area contributed by atoms with Gasteiger partial charge in [-0.1, -0.05) is 0 Å². The summed E-state index contributed by atoms with van der Waals surface area (Å²) in [7, 11) is 0. The number of benzene rings is 1.